The Morgan fingerprint density at radius 2 is 1.71 bits per heavy atom. The predicted molar refractivity (Wildman–Crippen MR) is 78.9 cm³/mol. The molecule has 0 saturated carbocycles. The normalized spacial score (nSPS) is 11.1. The summed E-state index contributed by atoms with van der Waals surface area (Å²) >= 11 is 0. The molecule has 1 amide bonds. The van der Waals surface area contributed by atoms with E-state index in [2.05, 4.69) is 0 Å². The van der Waals surface area contributed by atoms with Crippen LogP contribution < -0.4 is 0 Å². The predicted octanol–water partition coefficient (Wildman–Crippen LogP) is 2.27. The number of rotatable bonds is 6. The lowest BCUT2D eigenvalue weighted by Crippen LogP contribution is -2.35. The van der Waals surface area contributed by atoms with Gasteiger partial charge in [0.2, 0.25) is 5.91 Å². The molecule has 0 unspecified atom stereocenters. The van der Waals surface area contributed by atoms with Crippen LogP contribution in [0.3, 0.4) is 0 Å². The number of carbonyl (C=O) groups excluding carboxylic acids is 2. The average Bonchev–Trinajstić information content (AvgIpc) is 2.45. The van der Waals surface area contributed by atoms with Gasteiger partial charge in [-0.3, -0.25) is 9.59 Å². The van der Waals surface area contributed by atoms with Crippen LogP contribution in [0, 0.1) is 0 Å². The van der Waals surface area contributed by atoms with Gasteiger partial charge >= 0.3 is 5.97 Å². The second-order valence-electron chi connectivity index (χ2n) is 4.84. The van der Waals surface area contributed by atoms with Crippen molar-refractivity contribution < 1.29 is 19.5 Å². The fourth-order valence-electron chi connectivity index (χ4n) is 1.81. The van der Waals surface area contributed by atoms with Crippen molar-refractivity contribution in [3.05, 3.63) is 47.0 Å². The van der Waals surface area contributed by atoms with Crippen molar-refractivity contribution in [1.82, 2.24) is 4.90 Å². The van der Waals surface area contributed by atoms with E-state index in [0.29, 0.717) is 5.57 Å². The van der Waals surface area contributed by atoms with E-state index in [1.165, 1.54) is 24.0 Å². The first-order valence-corrected chi connectivity index (χ1v) is 6.59. The van der Waals surface area contributed by atoms with Crippen LogP contribution in [0.2, 0.25) is 0 Å². The average molecular weight is 289 g/mol. The molecule has 1 rings (SSSR count). The summed E-state index contributed by atoms with van der Waals surface area (Å²) in [5, 5.41) is 8.85. The standard InChI is InChI=1S/C16H19NO4/c1-4-11(2)15(19)17(9-12(3)18)10-13-5-7-14(8-6-13)16(20)21/h4-8H,9-10H2,1-3H3,(H,20,21). The van der Waals surface area contributed by atoms with E-state index in [1.54, 1.807) is 32.1 Å². The van der Waals surface area contributed by atoms with Gasteiger partial charge in [-0.25, -0.2) is 4.79 Å². The molecule has 0 spiro atoms. The minimum atomic E-state index is -0.997. The number of amides is 1. The minimum absolute atomic E-state index is 0.0324. The number of aromatic carboxylic acids is 1. The van der Waals surface area contributed by atoms with E-state index < -0.39 is 5.97 Å². The Bertz CT molecular complexity index is 572. The zero-order valence-corrected chi connectivity index (χ0v) is 12.4. The lowest BCUT2D eigenvalue weighted by atomic mass is 10.1. The molecule has 1 aromatic carbocycles. The Hall–Kier alpha value is -2.43. The highest BCUT2D eigenvalue weighted by Crippen LogP contribution is 2.10. The van der Waals surface area contributed by atoms with Crippen molar-refractivity contribution in [2.75, 3.05) is 6.54 Å². The van der Waals surface area contributed by atoms with E-state index in [4.69, 9.17) is 5.11 Å². The number of carbonyl (C=O) groups is 3. The van der Waals surface area contributed by atoms with Gasteiger partial charge in [-0.05, 0) is 38.5 Å². The molecule has 112 valence electrons. The second kappa shape index (κ2) is 7.38. The number of nitrogens with zero attached hydrogens (tertiary/aromatic N) is 1. The molecule has 0 saturated heterocycles. The molecule has 1 aromatic rings. The molecule has 5 heteroatoms. The van der Waals surface area contributed by atoms with E-state index in [-0.39, 0.29) is 30.3 Å². The molecule has 0 aliphatic carbocycles. The maximum Gasteiger partial charge on any atom is 0.335 e. The molecule has 0 heterocycles. The van der Waals surface area contributed by atoms with Crippen LogP contribution in [0.1, 0.15) is 36.7 Å². The van der Waals surface area contributed by atoms with Crippen molar-refractivity contribution in [2.24, 2.45) is 0 Å². The van der Waals surface area contributed by atoms with Crippen LogP contribution in [0.4, 0.5) is 0 Å². The third kappa shape index (κ3) is 4.87. The molecule has 0 aromatic heterocycles. The third-order valence-electron chi connectivity index (χ3n) is 3.05. The molecular weight excluding hydrogens is 270 g/mol. The summed E-state index contributed by atoms with van der Waals surface area (Å²) in [4.78, 5) is 35.8. The monoisotopic (exact) mass is 289 g/mol. The molecule has 0 aliphatic rings. The highest BCUT2D eigenvalue weighted by Gasteiger charge is 2.17. The van der Waals surface area contributed by atoms with E-state index in [1.807, 2.05) is 0 Å². The zero-order chi connectivity index (χ0) is 16.0. The van der Waals surface area contributed by atoms with Gasteiger partial charge in [0.15, 0.2) is 0 Å². The fourth-order valence-corrected chi connectivity index (χ4v) is 1.81. The number of benzene rings is 1. The Balaban J connectivity index is 2.93. The summed E-state index contributed by atoms with van der Waals surface area (Å²) < 4.78 is 0. The molecule has 21 heavy (non-hydrogen) atoms. The maximum absolute atomic E-state index is 12.2. The molecule has 0 aliphatic heterocycles. The van der Waals surface area contributed by atoms with Gasteiger partial charge in [0.1, 0.15) is 5.78 Å². The highest BCUT2D eigenvalue weighted by atomic mass is 16.4. The van der Waals surface area contributed by atoms with Gasteiger partial charge in [0.25, 0.3) is 0 Å². The Morgan fingerprint density at radius 3 is 2.14 bits per heavy atom. The van der Waals surface area contributed by atoms with Crippen LogP contribution in [-0.2, 0) is 16.1 Å². The third-order valence-corrected chi connectivity index (χ3v) is 3.05. The molecule has 0 fully saturated rings. The van der Waals surface area contributed by atoms with Crippen LogP contribution in [0.25, 0.3) is 0 Å². The van der Waals surface area contributed by atoms with Crippen LogP contribution in [-0.4, -0.2) is 34.2 Å². The van der Waals surface area contributed by atoms with Crippen LogP contribution in [0.15, 0.2) is 35.9 Å². The number of carboxylic acids is 1. The summed E-state index contributed by atoms with van der Waals surface area (Å²) in [6.45, 7) is 5.19. The number of hydrogen-bond acceptors (Lipinski definition) is 3. The van der Waals surface area contributed by atoms with Gasteiger partial charge < -0.3 is 10.0 Å². The number of hydrogen-bond donors (Lipinski definition) is 1. The van der Waals surface area contributed by atoms with E-state index in [0.717, 1.165) is 5.56 Å². The number of Topliss-reactive ketones (excluding diaryl/α,β-unsaturated/α-hetero) is 1. The molecule has 0 atom stereocenters. The zero-order valence-electron chi connectivity index (χ0n) is 12.4. The molecule has 0 bridgehead atoms. The molecule has 0 radical (unpaired) electrons. The molecule has 1 N–H and O–H groups in total. The number of carboxylic acid groups (broad SMARTS) is 1. The fraction of sp³-hybridized carbons (Fsp3) is 0.312. The van der Waals surface area contributed by atoms with Gasteiger partial charge in [0.05, 0.1) is 12.1 Å². The van der Waals surface area contributed by atoms with Crippen LogP contribution in [0.5, 0.6) is 0 Å². The summed E-state index contributed by atoms with van der Waals surface area (Å²) in [6.07, 6.45) is 1.70. The smallest absolute Gasteiger partial charge is 0.335 e. The minimum Gasteiger partial charge on any atom is -0.478 e. The van der Waals surface area contributed by atoms with E-state index in [9.17, 15) is 14.4 Å². The summed E-state index contributed by atoms with van der Waals surface area (Å²) in [6, 6.07) is 6.26. The van der Waals surface area contributed by atoms with Gasteiger partial charge in [-0.15, -0.1) is 0 Å². The van der Waals surface area contributed by atoms with Gasteiger partial charge in [-0.1, -0.05) is 18.2 Å². The van der Waals surface area contributed by atoms with Crippen molar-refractivity contribution in [3.63, 3.8) is 0 Å². The number of ketones is 1. The van der Waals surface area contributed by atoms with Gasteiger partial charge in [-0.2, -0.15) is 0 Å². The summed E-state index contributed by atoms with van der Waals surface area (Å²) in [5.74, 6) is -1.30. The number of allylic oxidation sites excluding steroid dienone is 1. The van der Waals surface area contributed by atoms with E-state index >= 15 is 0 Å². The van der Waals surface area contributed by atoms with Crippen molar-refractivity contribution in [2.45, 2.75) is 27.3 Å². The molecule has 5 nitrogen and oxygen atoms in total. The topological polar surface area (TPSA) is 74.7 Å². The second-order valence-corrected chi connectivity index (χ2v) is 4.84. The maximum atomic E-state index is 12.2. The largest absolute Gasteiger partial charge is 0.478 e. The van der Waals surface area contributed by atoms with Crippen molar-refractivity contribution >= 4 is 17.7 Å². The molecular formula is C16H19NO4. The SMILES string of the molecule is CC=C(C)C(=O)N(CC(C)=O)Cc1ccc(C(=O)O)cc1. The lowest BCUT2D eigenvalue weighted by molar-refractivity contribution is -0.132. The highest BCUT2D eigenvalue weighted by molar-refractivity contribution is 5.95. The Morgan fingerprint density at radius 1 is 1.14 bits per heavy atom. The first kappa shape index (κ1) is 16.6. The quantitative estimate of drug-likeness (QED) is 0.815. The van der Waals surface area contributed by atoms with Crippen molar-refractivity contribution in [3.8, 4) is 0 Å². The summed E-state index contributed by atoms with van der Waals surface area (Å²) in [7, 11) is 0. The first-order chi connectivity index (χ1) is 9.85. The summed E-state index contributed by atoms with van der Waals surface area (Å²) in [5.41, 5.74) is 1.53. The van der Waals surface area contributed by atoms with Gasteiger partial charge in [0, 0.05) is 12.1 Å². The van der Waals surface area contributed by atoms with Crippen LogP contribution >= 0.6 is 0 Å². The van der Waals surface area contributed by atoms with Crippen molar-refractivity contribution in [1.29, 1.82) is 0 Å². The Labute approximate surface area is 123 Å². The lowest BCUT2D eigenvalue weighted by Gasteiger charge is -2.22. The first-order valence-electron chi connectivity index (χ1n) is 6.59. The Kier molecular flexibility index (Phi) is 5.84.